The molecular formula is C9H20Si. The summed E-state index contributed by atoms with van der Waals surface area (Å²) in [7, 11) is -0.467. The summed E-state index contributed by atoms with van der Waals surface area (Å²) in [4.78, 5) is 0. The van der Waals surface area contributed by atoms with Crippen LogP contribution in [0.4, 0.5) is 0 Å². The fraction of sp³-hybridized carbons (Fsp3) is 0.778. The van der Waals surface area contributed by atoms with E-state index in [1.807, 2.05) is 0 Å². The van der Waals surface area contributed by atoms with Crippen molar-refractivity contribution in [3.8, 4) is 0 Å². The highest BCUT2D eigenvalue weighted by molar-refractivity contribution is 6.64. The van der Waals surface area contributed by atoms with E-state index in [-0.39, 0.29) is 0 Å². The highest BCUT2D eigenvalue weighted by Crippen LogP contribution is 2.07. The summed E-state index contributed by atoms with van der Waals surface area (Å²) >= 11 is 0. The van der Waals surface area contributed by atoms with Crippen molar-refractivity contribution in [3.05, 3.63) is 12.3 Å². The van der Waals surface area contributed by atoms with Crippen molar-refractivity contribution < 1.29 is 0 Å². The van der Waals surface area contributed by atoms with E-state index in [0.717, 1.165) is 0 Å². The van der Waals surface area contributed by atoms with Crippen molar-refractivity contribution in [2.75, 3.05) is 0 Å². The first kappa shape index (κ1) is 9.96. The van der Waals surface area contributed by atoms with Crippen molar-refractivity contribution in [2.24, 2.45) is 0 Å². The van der Waals surface area contributed by atoms with E-state index in [9.17, 15) is 0 Å². The van der Waals surface area contributed by atoms with Crippen LogP contribution in [0, 0.1) is 0 Å². The lowest BCUT2D eigenvalue weighted by atomic mass is 10.4. The normalized spacial score (nSPS) is 13.0. The molecule has 0 aliphatic carbocycles. The van der Waals surface area contributed by atoms with Crippen molar-refractivity contribution >= 4 is 8.80 Å². The third-order valence-electron chi connectivity index (χ3n) is 1.92. The van der Waals surface area contributed by atoms with Gasteiger partial charge in [-0.25, -0.2) is 0 Å². The molecule has 1 heteroatoms. The molecule has 0 nitrogen and oxygen atoms in total. The Morgan fingerprint density at radius 3 is 2.30 bits per heavy atom. The van der Waals surface area contributed by atoms with Gasteiger partial charge in [-0.2, -0.15) is 0 Å². The number of hydrogen-bond donors (Lipinski definition) is 0. The van der Waals surface area contributed by atoms with Crippen molar-refractivity contribution in [1.29, 1.82) is 0 Å². The lowest BCUT2D eigenvalue weighted by Crippen LogP contribution is -2.06. The van der Waals surface area contributed by atoms with Gasteiger partial charge in [-0.1, -0.05) is 45.2 Å². The minimum absolute atomic E-state index is 0.467. The van der Waals surface area contributed by atoms with Crippen LogP contribution in [0.15, 0.2) is 12.3 Å². The Hall–Kier alpha value is -0.0431. The summed E-state index contributed by atoms with van der Waals surface area (Å²) in [5.74, 6) is 0. The molecule has 0 bridgehead atoms. The van der Waals surface area contributed by atoms with Crippen LogP contribution < -0.4 is 0 Å². The summed E-state index contributed by atoms with van der Waals surface area (Å²) in [6, 6.07) is 2.94. The summed E-state index contributed by atoms with van der Waals surface area (Å²) in [6.07, 6.45) is 4.12. The van der Waals surface area contributed by atoms with Crippen LogP contribution in [-0.2, 0) is 0 Å². The quantitative estimate of drug-likeness (QED) is 0.518. The first-order valence-electron chi connectivity index (χ1n) is 4.47. The molecule has 1 unspecified atom stereocenters. The molecule has 0 saturated heterocycles. The zero-order chi connectivity index (χ0) is 7.82. The molecule has 0 aromatic carbocycles. The van der Waals surface area contributed by atoms with Crippen LogP contribution >= 0.6 is 0 Å². The number of unbranched alkanes of at least 4 members (excludes halogenated alkanes) is 1. The molecule has 0 aliphatic rings. The summed E-state index contributed by atoms with van der Waals surface area (Å²) in [6.45, 7) is 8.43. The topological polar surface area (TPSA) is 0 Å². The lowest BCUT2D eigenvalue weighted by molar-refractivity contribution is 0.869. The van der Waals surface area contributed by atoms with E-state index >= 15 is 0 Å². The van der Waals surface area contributed by atoms with Gasteiger partial charge in [-0.15, -0.1) is 12.3 Å². The van der Waals surface area contributed by atoms with Gasteiger partial charge in [-0.05, 0) is 0 Å². The molecule has 0 spiro atoms. The van der Waals surface area contributed by atoms with Gasteiger partial charge in [0.1, 0.15) is 0 Å². The lowest BCUT2D eigenvalue weighted by Gasteiger charge is -2.06. The molecule has 0 fully saturated rings. The smallest absolute Gasteiger partial charge is 0.0607 e. The van der Waals surface area contributed by atoms with Gasteiger partial charge in [0.2, 0.25) is 0 Å². The maximum atomic E-state index is 3.89. The van der Waals surface area contributed by atoms with E-state index in [2.05, 4.69) is 26.1 Å². The van der Waals surface area contributed by atoms with Gasteiger partial charge in [0.15, 0.2) is 0 Å². The Morgan fingerprint density at radius 1 is 1.20 bits per heavy atom. The largest absolute Gasteiger partial charge is 0.107 e. The first-order chi connectivity index (χ1) is 4.85. The third kappa shape index (κ3) is 4.80. The SMILES string of the molecule is C=C[SiH](CCC)CCCC. The molecule has 0 rings (SSSR count). The van der Waals surface area contributed by atoms with Gasteiger partial charge in [-0.3, -0.25) is 0 Å². The van der Waals surface area contributed by atoms with Gasteiger partial charge in [0.05, 0.1) is 8.80 Å². The Kier molecular flexibility index (Phi) is 7.04. The van der Waals surface area contributed by atoms with Gasteiger partial charge >= 0.3 is 0 Å². The van der Waals surface area contributed by atoms with E-state index in [4.69, 9.17) is 0 Å². The summed E-state index contributed by atoms with van der Waals surface area (Å²) in [5.41, 5.74) is 2.25. The number of hydrogen-bond acceptors (Lipinski definition) is 0. The number of rotatable bonds is 6. The van der Waals surface area contributed by atoms with Crippen molar-refractivity contribution in [1.82, 2.24) is 0 Å². The van der Waals surface area contributed by atoms with Crippen molar-refractivity contribution in [3.63, 3.8) is 0 Å². The Bertz CT molecular complexity index is 78.8. The predicted molar refractivity (Wildman–Crippen MR) is 52.2 cm³/mol. The molecular weight excluding hydrogens is 136 g/mol. The molecule has 0 aliphatic heterocycles. The molecule has 0 radical (unpaired) electrons. The predicted octanol–water partition coefficient (Wildman–Crippen LogP) is 3.15. The minimum atomic E-state index is -0.467. The molecule has 1 atom stereocenters. The van der Waals surface area contributed by atoms with Crippen LogP contribution in [0.1, 0.15) is 33.1 Å². The summed E-state index contributed by atoms with van der Waals surface area (Å²) < 4.78 is 0. The molecule has 0 aromatic heterocycles. The monoisotopic (exact) mass is 156 g/mol. The van der Waals surface area contributed by atoms with Gasteiger partial charge in [0.25, 0.3) is 0 Å². The highest BCUT2D eigenvalue weighted by Gasteiger charge is 2.02. The first-order valence-corrected chi connectivity index (χ1v) is 6.77. The fourth-order valence-corrected chi connectivity index (χ4v) is 3.65. The molecule has 0 N–H and O–H groups in total. The standard InChI is InChI=1S/C9H20Si/c1-4-7-9-10(6-3)8-5-2/h6,10H,3-5,7-9H2,1-2H3. The maximum Gasteiger partial charge on any atom is 0.0607 e. The second-order valence-corrected chi connectivity index (χ2v) is 6.07. The molecule has 0 saturated carbocycles. The Balaban J connectivity index is 3.29. The maximum absolute atomic E-state index is 3.89. The zero-order valence-electron chi connectivity index (χ0n) is 7.40. The Morgan fingerprint density at radius 2 is 1.90 bits per heavy atom. The van der Waals surface area contributed by atoms with Crippen LogP contribution in [0.25, 0.3) is 0 Å². The molecule has 0 amide bonds. The van der Waals surface area contributed by atoms with E-state index in [0.29, 0.717) is 0 Å². The van der Waals surface area contributed by atoms with Crippen LogP contribution in [-0.4, -0.2) is 8.80 Å². The van der Waals surface area contributed by atoms with E-state index in [1.54, 1.807) is 0 Å². The molecule has 0 aromatic rings. The zero-order valence-corrected chi connectivity index (χ0v) is 8.55. The third-order valence-corrected chi connectivity index (χ3v) is 5.06. The summed E-state index contributed by atoms with van der Waals surface area (Å²) in [5, 5.41) is 0. The fourth-order valence-electron chi connectivity index (χ4n) is 1.22. The van der Waals surface area contributed by atoms with Crippen molar-refractivity contribution in [2.45, 2.75) is 45.2 Å². The molecule has 60 valence electrons. The Labute approximate surface area is 66.9 Å². The van der Waals surface area contributed by atoms with E-state index < -0.39 is 8.80 Å². The highest BCUT2D eigenvalue weighted by atomic mass is 28.3. The van der Waals surface area contributed by atoms with Gasteiger partial charge in [0, 0.05) is 0 Å². The molecule has 10 heavy (non-hydrogen) atoms. The minimum Gasteiger partial charge on any atom is -0.107 e. The van der Waals surface area contributed by atoms with Crippen LogP contribution in [0.5, 0.6) is 0 Å². The van der Waals surface area contributed by atoms with Crippen LogP contribution in [0.3, 0.4) is 0 Å². The average molecular weight is 156 g/mol. The second kappa shape index (κ2) is 7.07. The van der Waals surface area contributed by atoms with Crippen LogP contribution in [0.2, 0.25) is 12.1 Å². The van der Waals surface area contributed by atoms with Gasteiger partial charge < -0.3 is 0 Å². The second-order valence-electron chi connectivity index (χ2n) is 2.93. The molecule has 0 heterocycles. The average Bonchev–Trinajstić information content (AvgIpc) is 1.98. The van der Waals surface area contributed by atoms with E-state index in [1.165, 1.54) is 31.4 Å².